The van der Waals surface area contributed by atoms with Gasteiger partial charge in [-0.05, 0) is 50.2 Å². The van der Waals surface area contributed by atoms with Crippen LogP contribution in [0.5, 0.6) is 0 Å². The largest absolute Gasteiger partial charge is 0.463 e. The van der Waals surface area contributed by atoms with Crippen LogP contribution in [-0.2, 0) is 24.3 Å². The third-order valence-corrected chi connectivity index (χ3v) is 7.34. The van der Waals surface area contributed by atoms with Crippen molar-refractivity contribution in [2.75, 3.05) is 32.9 Å². The summed E-state index contributed by atoms with van der Waals surface area (Å²) in [6.45, 7) is 4.91. The summed E-state index contributed by atoms with van der Waals surface area (Å²) in [5.74, 6) is 0.268. The summed E-state index contributed by atoms with van der Waals surface area (Å²) < 4.78 is 43.3. The highest BCUT2D eigenvalue weighted by molar-refractivity contribution is 7.89. The number of nitrogens with zero attached hydrogens (tertiary/aromatic N) is 1. The van der Waals surface area contributed by atoms with Gasteiger partial charge in [-0.2, -0.15) is 4.31 Å². The minimum Gasteiger partial charge on any atom is -0.463 e. The van der Waals surface area contributed by atoms with Crippen molar-refractivity contribution in [2.24, 2.45) is 0 Å². The number of benzene rings is 1. The van der Waals surface area contributed by atoms with Gasteiger partial charge < -0.3 is 24.5 Å². The van der Waals surface area contributed by atoms with Crippen molar-refractivity contribution in [3.8, 4) is 11.3 Å². The van der Waals surface area contributed by atoms with E-state index < -0.39 is 28.1 Å². The lowest BCUT2D eigenvalue weighted by Crippen LogP contribution is -2.45. The number of esters is 1. The lowest BCUT2D eigenvalue weighted by molar-refractivity contribution is -0.139. The minimum absolute atomic E-state index is 0.189. The summed E-state index contributed by atoms with van der Waals surface area (Å²) in [5, 5.41) is 5.26. The van der Waals surface area contributed by atoms with Crippen LogP contribution in [0.2, 0.25) is 0 Å². The van der Waals surface area contributed by atoms with E-state index in [2.05, 4.69) is 10.6 Å². The quantitative estimate of drug-likeness (QED) is 0.613. The zero-order valence-corrected chi connectivity index (χ0v) is 19.1. The number of sulfonamides is 1. The van der Waals surface area contributed by atoms with Crippen LogP contribution in [0.3, 0.4) is 0 Å². The van der Waals surface area contributed by atoms with E-state index in [1.807, 2.05) is 0 Å². The molecule has 3 heterocycles. The number of rotatable bonds is 6. The summed E-state index contributed by atoms with van der Waals surface area (Å²) in [7, 11) is -3.60. The van der Waals surface area contributed by atoms with E-state index in [0.717, 1.165) is 0 Å². The molecule has 11 heteroatoms. The smallest absolute Gasteiger partial charge is 0.338 e. The molecule has 33 heavy (non-hydrogen) atoms. The van der Waals surface area contributed by atoms with E-state index in [9.17, 15) is 18.0 Å². The van der Waals surface area contributed by atoms with E-state index >= 15 is 0 Å². The Balaban J connectivity index is 1.58. The molecule has 1 aromatic carbocycles. The number of hydrogen-bond acceptors (Lipinski definition) is 7. The first-order valence-electron chi connectivity index (χ1n) is 10.5. The van der Waals surface area contributed by atoms with Crippen LogP contribution in [0.1, 0.15) is 25.6 Å². The van der Waals surface area contributed by atoms with Gasteiger partial charge in [-0.3, -0.25) is 0 Å². The number of nitrogens with one attached hydrogen (secondary N) is 2. The molecular formula is C22H25N3O7S. The molecule has 0 aliphatic carbocycles. The Morgan fingerprint density at radius 2 is 1.85 bits per heavy atom. The number of ether oxygens (including phenoxy) is 2. The number of amides is 2. The van der Waals surface area contributed by atoms with Crippen LogP contribution in [0.4, 0.5) is 4.79 Å². The first-order chi connectivity index (χ1) is 15.8. The van der Waals surface area contributed by atoms with Gasteiger partial charge in [0.1, 0.15) is 17.6 Å². The van der Waals surface area contributed by atoms with Crippen molar-refractivity contribution in [3.05, 3.63) is 53.4 Å². The van der Waals surface area contributed by atoms with Gasteiger partial charge in [0, 0.05) is 24.4 Å². The Bertz CT molecular complexity index is 1180. The molecule has 10 nitrogen and oxygen atoms in total. The van der Waals surface area contributed by atoms with Crippen LogP contribution < -0.4 is 10.6 Å². The molecule has 0 bridgehead atoms. The number of carbonyl (C=O) groups is 2. The van der Waals surface area contributed by atoms with Crippen LogP contribution in [0.15, 0.2) is 57.0 Å². The van der Waals surface area contributed by atoms with Crippen molar-refractivity contribution in [3.63, 3.8) is 0 Å². The molecule has 1 saturated heterocycles. The molecule has 0 unspecified atom stereocenters. The van der Waals surface area contributed by atoms with E-state index in [-0.39, 0.29) is 17.1 Å². The fraction of sp³-hybridized carbons (Fsp3) is 0.364. The van der Waals surface area contributed by atoms with Gasteiger partial charge in [0.05, 0.1) is 30.3 Å². The maximum atomic E-state index is 12.8. The lowest BCUT2D eigenvalue weighted by atomic mass is 10.0. The van der Waals surface area contributed by atoms with Crippen LogP contribution >= 0.6 is 0 Å². The highest BCUT2D eigenvalue weighted by Crippen LogP contribution is 2.32. The van der Waals surface area contributed by atoms with Gasteiger partial charge in [-0.15, -0.1) is 0 Å². The maximum Gasteiger partial charge on any atom is 0.338 e. The Labute approximate surface area is 191 Å². The minimum atomic E-state index is -3.60. The molecular weight excluding hydrogens is 450 g/mol. The summed E-state index contributed by atoms with van der Waals surface area (Å²) in [6, 6.07) is 8.47. The summed E-state index contributed by atoms with van der Waals surface area (Å²) >= 11 is 0. The van der Waals surface area contributed by atoms with Gasteiger partial charge in [0.15, 0.2) is 0 Å². The molecule has 176 valence electrons. The molecule has 0 saturated carbocycles. The molecule has 4 rings (SSSR count). The highest BCUT2D eigenvalue weighted by atomic mass is 32.2. The standard InChI is InChI=1S/C22H25N3O7S/c1-3-31-21(26)19-14(2)23-22(27)24-20(19)18-9-8-17(32-18)15-4-6-16(7-5-15)33(28,29)25-10-12-30-13-11-25/h4-9,20H,3,10-13H2,1-2H3,(H2,23,24,27)/t20-/m0/s1. The number of urea groups is 1. The molecule has 2 N–H and O–H groups in total. The zero-order chi connectivity index (χ0) is 23.6. The van der Waals surface area contributed by atoms with Gasteiger partial charge in [-0.1, -0.05) is 0 Å². The van der Waals surface area contributed by atoms with Crippen LogP contribution in [0, 0.1) is 0 Å². The lowest BCUT2D eigenvalue weighted by Gasteiger charge is -2.26. The van der Waals surface area contributed by atoms with Crippen LogP contribution in [0.25, 0.3) is 11.3 Å². The maximum absolute atomic E-state index is 12.8. The van der Waals surface area contributed by atoms with E-state index in [1.54, 1.807) is 38.1 Å². The third-order valence-electron chi connectivity index (χ3n) is 5.42. The monoisotopic (exact) mass is 475 g/mol. The van der Waals surface area contributed by atoms with Gasteiger partial charge >= 0.3 is 12.0 Å². The number of allylic oxidation sites excluding steroid dienone is 1. The number of furan rings is 1. The molecule has 1 aromatic heterocycles. The average molecular weight is 476 g/mol. The zero-order valence-electron chi connectivity index (χ0n) is 18.3. The normalized spacial score (nSPS) is 19.7. The first-order valence-corrected chi connectivity index (χ1v) is 12.0. The summed E-state index contributed by atoms with van der Waals surface area (Å²) in [5.41, 5.74) is 1.29. The molecule has 0 radical (unpaired) electrons. The number of morpholine rings is 1. The molecule has 1 fully saturated rings. The first kappa shape index (κ1) is 23.0. The fourth-order valence-corrected chi connectivity index (χ4v) is 5.18. The Morgan fingerprint density at radius 1 is 1.15 bits per heavy atom. The second kappa shape index (κ2) is 9.38. The summed E-state index contributed by atoms with van der Waals surface area (Å²) in [4.78, 5) is 24.6. The molecule has 2 aliphatic heterocycles. The van der Waals surface area contributed by atoms with Crippen molar-refractivity contribution in [1.29, 1.82) is 0 Å². The second-order valence-electron chi connectivity index (χ2n) is 7.53. The number of hydrogen-bond donors (Lipinski definition) is 2. The van der Waals surface area contributed by atoms with Crippen molar-refractivity contribution >= 4 is 22.0 Å². The van der Waals surface area contributed by atoms with E-state index in [4.69, 9.17) is 13.9 Å². The topological polar surface area (TPSA) is 127 Å². The molecule has 2 aromatic rings. The van der Waals surface area contributed by atoms with Crippen molar-refractivity contribution in [2.45, 2.75) is 24.8 Å². The highest BCUT2D eigenvalue weighted by Gasteiger charge is 2.34. The molecule has 2 amide bonds. The Morgan fingerprint density at radius 3 is 2.52 bits per heavy atom. The third kappa shape index (κ3) is 4.65. The fourth-order valence-electron chi connectivity index (χ4n) is 3.78. The SMILES string of the molecule is CCOC(=O)C1=C(C)NC(=O)N[C@H]1c1ccc(-c2ccc(S(=O)(=O)N3CCOCC3)cc2)o1. The molecule has 1 atom stereocenters. The second-order valence-corrected chi connectivity index (χ2v) is 9.47. The Kier molecular flexibility index (Phi) is 6.54. The van der Waals surface area contributed by atoms with E-state index in [0.29, 0.717) is 49.1 Å². The van der Waals surface area contributed by atoms with Crippen molar-refractivity contribution in [1.82, 2.24) is 14.9 Å². The van der Waals surface area contributed by atoms with Gasteiger partial charge in [0.2, 0.25) is 10.0 Å². The predicted octanol–water partition coefficient (Wildman–Crippen LogP) is 2.16. The number of carbonyl (C=O) groups excluding carboxylic acids is 2. The van der Waals surface area contributed by atoms with Crippen molar-refractivity contribution < 1.29 is 31.9 Å². The molecule has 2 aliphatic rings. The Hall–Kier alpha value is -3.15. The average Bonchev–Trinajstić information content (AvgIpc) is 3.29. The van der Waals surface area contributed by atoms with Crippen LogP contribution in [-0.4, -0.2) is 57.6 Å². The van der Waals surface area contributed by atoms with E-state index in [1.165, 1.54) is 16.4 Å². The molecule has 0 spiro atoms. The van der Waals surface area contributed by atoms with Gasteiger partial charge in [-0.25, -0.2) is 18.0 Å². The predicted molar refractivity (Wildman–Crippen MR) is 117 cm³/mol. The summed E-state index contributed by atoms with van der Waals surface area (Å²) in [6.07, 6.45) is 0. The van der Waals surface area contributed by atoms with Gasteiger partial charge in [0.25, 0.3) is 0 Å².